The van der Waals surface area contributed by atoms with Crippen molar-refractivity contribution in [2.75, 3.05) is 6.54 Å². The van der Waals surface area contributed by atoms with Crippen LogP contribution in [0.15, 0.2) is 36.9 Å². The highest BCUT2D eigenvalue weighted by atomic mass is 15.1. The fourth-order valence-corrected chi connectivity index (χ4v) is 2.94. The summed E-state index contributed by atoms with van der Waals surface area (Å²) in [7, 11) is 0. The Balaban J connectivity index is 1.52. The Morgan fingerprint density at radius 3 is 2.96 bits per heavy atom. The van der Waals surface area contributed by atoms with E-state index in [0.29, 0.717) is 0 Å². The number of aromatic nitrogens is 5. The lowest BCUT2D eigenvalue weighted by molar-refractivity contribution is 0.240. The molecule has 0 amide bonds. The normalized spacial score (nSPS) is 14.7. The molecule has 6 heteroatoms. The van der Waals surface area contributed by atoms with Crippen molar-refractivity contribution in [3.8, 4) is 11.4 Å². The molecule has 1 N–H and O–H groups in total. The van der Waals surface area contributed by atoms with E-state index in [0.717, 1.165) is 54.7 Å². The summed E-state index contributed by atoms with van der Waals surface area (Å²) in [5.41, 5.74) is 4.47. The van der Waals surface area contributed by atoms with E-state index in [9.17, 15) is 0 Å². The number of rotatable bonds is 3. The fourth-order valence-electron chi connectivity index (χ4n) is 2.94. The first-order chi connectivity index (χ1) is 11.3. The van der Waals surface area contributed by atoms with Crippen LogP contribution in [0.5, 0.6) is 0 Å². The number of hydrogen-bond donors (Lipinski definition) is 1. The zero-order valence-corrected chi connectivity index (χ0v) is 13.0. The minimum absolute atomic E-state index is 0.759. The molecule has 23 heavy (non-hydrogen) atoms. The van der Waals surface area contributed by atoms with Crippen LogP contribution in [0.4, 0.5) is 0 Å². The van der Waals surface area contributed by atoms with Crippen LogP contribution in [0.25, 0.3) is 11.4 Å². The van der Waals surface area contributed by atoms with Crippen LogP contribution < -0.4 is 0 Å². The van der Waals surface area contributed by atoms with Crippen molar-refractivity contribution in [2.24, 2.45) is 0 Å². The van der Waals surface area contributed by atoms with Gasteiger partial charge in [0.2, 0.25) is 0 Å². The summed E-state index contributed by atoms with van der Waals surface area (Å²) < 4.78 is 0. The lowest BCUT2D eigenvalue weighted by atomic mass is 10.1. The first-order valence-electron chi connectivity index (χ1n) is 7.76. The standard InChI is InChI=1S/C17H18N6/c1-12-19-9-15(21-12)11-23-6-4-16-14(10-23)8-20-17(22-16)13-3-2-5-18-7-13/h2-3,5,7-9H,4,6,10-11H2,1H3,(H,19,21). The maximum atomic E-state index is 4.73. The third-order valence-corrected chi connectivity index (χ3v) is 4.08. The number of fused-ring (bicyclic) bond motifs is 1. The van der Waals surface area contributed by atoms with E-state index < -0.39 is 0 Å². The minimum Gasteiger partial charge on any atom is -0.345 e. The van der Waals surface area contributed by atoms with Crippen LogP contribution in [-0.2, 0) is 19.5 Å². The second kappa shape index (κ2) is 5.89. The number of H-pyrrole nitrogens is 1. The molecule has 6 nitrogen and oxygen atoms in total. The first-order valence-corrected chi connectivity index (χ1v) is 7.76. The van der Waals surface area contributed by atoms with Gasteiger partial charge in [-0.25, -0.2) is 15.0 Å². The van der Waals surface area contributed by atoms with Gasteiger partial charge in [-0.05, 0) is 19.1 Å². The van der Waals surface area contributed by atoms with Crippen LogP contribution in [0, 0.1) is 6.92 Å². The predicted octanol–water partition coefficient (Wildman–Crippen LogP) is 2.13. The summed E-state index contributed by atoms with van der Waals surface area (Å²) in [5.74, 6) is 1.72. The van der Waals surface area contributed by atoms with Gasteiger partial charge in [-0.15, -0.1) is 0 Å². The molecule has 3 aromatic rings. The summed E-state index contributed by atoms with van der Waals surface area (Å²) in [6, 6.07) is 3.90. The average Bonchev–Trinajstić information content (AvgIpc) is 3.00. The number of nitrogens with one attached hydrogen (secondary N) is 1. The van der Waals surface area contributed by atoms with E-state index >= 15 is 0 Å². The largest absolute Gasteiger partial charge is 0.345 e. The molecule has 0 saturated heterocycles. The van der Waals surface area contributed by atoms with E-state index in [1.807, 2.05) is 31.5 Å². The van der Waals surface area contributed by atoms with Crippen LogP contribution in [0.2, 0.25) is 0 Å². The Bertz CT molecular complexity index is 811. The smallest absolute Gasteiger partial charge is 0.160 e. The summed E-state index contributed by atoms with van der Waals surface area (Å²) in [6.45, 7) is 4.72. The maximum Gasteiger partial charge on any atom is 0.160 e. The van der Waals surface area contributed by atoms with Gasteiger partial charge in [0.25, 0.3) is 0 Å². The minimum atomic E-state index is 0.759. The zero-order chi connectivity index (χ0) is 15.6. The Morgan fingerprint density at radius 2 is 2.17 bits per heavy atom. The van der Waals surface area contributed by atoms with E-state index in [4.69, 9.17) is 4.98 Å². The lowest BCUT2D eigenvalue weighted by Crippen LogP contribution is -2.31. The Morgan fingerprint density at radius 1 is 1.22 bits per heavy atom. The molecule has 4 rings (SSSR count). The number of nitrogens with zero attached hydrogens (tertiary/aromatic N) is 5. The van der Waals surface area contributed by atoms with Crippen molar-refractivity contribution in [1.29, 1.82) is 0 Å². The van der Waals surface area contributed by atoms with E-state index in [2.05, 4.69) is 24.8 Å². The summed E-state index contributed by atoms with van der Waals surface area (Å²) in [6.07, 6.45) is 8.37. The number of aryl methyl sites for hydroxylation is 1. The molecule has 0 aliphatic carbocycles. The van der Waals surface area contributed by atoms with Crippen LogP contribution >= 0.6 is 0 Å². The van der Waals surface area contributed by atoms with Gasteiger partial charge in [0.05, 0.1) is 5.69 Å². The topological polar surface area (TPSA) is 70.6 Å². The summed E-state index contributed by atoms with van der Waals surface area (Å²) in [5, 5.41) is 0. The molecular weight excluding hydrogens is 288 g/mol. The SMILES string of the molecule is Cc1ncc(CN2CCc3nc(-c4cccnc4)ncc3C2)[nH]1. The lowest BCUT2D eigenvalue weighted by Gasteiger charge is -2.27. The van der Waals surface area contributed by atoms with Crippen LogP contribution in [0.3, 0.4) is 0 Å². The first kappa shape index (κ1) is 14.0. The third-order valence-electron chi connectivity index (χ3n) is 4.08. The molecule has 116 valence electrons. The molecule has 1 aliphatic rings. The summed E-state index contributed by atoms with van der Waals surface area (Å²) >= 11 is 0. The second-order valence-corrected chi connectivity index (χ2v) is 5.86. The van der Waals surface area contributed by atoms with Crippen molar-refractivity contribution in [3.63, 3.8) is 0 Å². The van der Waals surface area contributed by atoms with E-state index in [-0.39, 0.29) is 0 Å². The Kier molecular flexibility index (Phi) is 3.59. The monoisotopic (exact) mass is 306 g/mol. The molecule has 0 spiro atoms. The number of hydrogen-bond acceptors (Lipinski definition) is 5. The Hall–Kier alpha value is -2.60. The molecule has 0 saturated carbocycles. The molecular formula is C17H18N6. The summed E-state index contributed by atoms with van der Waals surface area (Å²) in [4.78, 5) is 23.3. The molecule has 0 bridgehead atoms. The van der Waals surface area contributed by atoms with Gasteiger partial charge < -0.3 is 4.98 Å². The molecule has 0 atom stereocenters. The van der Waals surface area contributed by atoms with Crippen molar-refractivity contribution >= 4 is 0 Å². The van der Waals surface area contributed by atoms with E-state index in [1.165, 1.54) is 5.56 Å². The maximum absolute atomic E-state index is 4.73. The average molecular weight is 306 g/mol. The van der Waals surface area contributed by atoms with Crippen molar-refractivity contribution < 1.29 is 0 Å². The molecule has 1 aliphatic heterocycles. The van der Waals surface area contributed by atoms with Crippen molar-refractivity contribution in [1.82, 2.24) is 29.8 Å². The highest BCUT2D eigenvalue weighted by Crippen LogP contribution is 2.21. The molecule has 0 radical (unpaired) electrons. The fraction of sp³-hybridized carbons (Fsp3) is 0.294. The van der Waals surface area contributed by atoms with Gasteiger partial charge in [-0.1, -0.05) is 0 Å². The van der Waals surface area contributed by atoms with Crippen LogP contribution in [0.1, 0.15) is 22.8 Å². The van der Waals surface area contributed by atoms with Gasteiger partial charge in [-0.3, -0.25) is 9.88 Å². The van der Waals surface area contributed by atoms with Crippen molar-refractivity contribution in [3.05, 3.63) is 59.7 Å². The van der Waals surface area contributed by atoms with Crippen molar-refractivity contribution in [2.45, 2.75) is 26.4 Å². The zero-order valence-electron chi connectivity index (χ0n) is 13.0. The van der Waals surface area contributed by atoms with Gasteiger partial charge >= 0.3 is 0 Å². The van der Waals surface area contributed by atoms with Gasteiger partial charge in [0.15, 0.2) is 5.82 Å². The highest BCUT2D eigenvalue weighted by molar-refractivity contribution is 5.53. The molecule has 4 heterocycles. The Labute approximate surface area is 134 Å². The third kappa shape index (κ3) is 2.98. The second-order valence-electron chi connectivity index (χ2n) is 5.86. The van der Waals surface area contributed by atoms with Crippen LogP contribution in [-0.4, -0.2) is 36.4 Å². The van der Waals surface area contributed by atoms with E-state index in [1.54, 1.807) is 12.4 Å². The number of pyridine rings is 1. The molecule has 0 aromatic carbocycles. The van der Waals surface area contributed by atoms with Gasteiger partial charge in [0.1, 0.15) is 5.82 Å². The predicted molar refractivity (Wildman–Crippen MR) is 86.4 cm³/mol. The molecule has 0 unspecified atom stereocenters. The quantitative estimate of drug-likeness (QED) is 0.802. The van der Waals surface area contributed by atoms with Gasteiger partial charge in [-0.2, -0.15) is 0 Å². The van der Waals surface area contributed by atoms with Gasteiger partial charge in [0, 0.05) is 67.7 Å². The molecule has 3 aromatic heterocycles. The number of imidazole rings is 1. The highest BCUT2D eigenvalue weighted by Gasteiger charge is 2.19. The molecule has 0 fully saturated rings. The number of aromatic amines is 1.